The van der Waals surface area contributed by atoms with E-state index in [0.29, 0.717) is 5.89 Å². The molecule has 0 aliphatic carbocycles. The van der Waals surface area contributed by atoms with Crippen molar-refractivity contribution in [2.24, 2.45) is 5.73 Å². The van der Waals surface area contributed by atoms with Crippen LogP contribution in [0.15, 0.2) is 4.52 Å². The number of aryl methyl sites for hydroxylation is 1. The van der Waals surface area contributed by atoms with Gasteiger partial charge in [0.25, 0.3) is 0 Å². The summed E-state index contributed by atoms with van der Waals surface area (Å²) in [4.78, 5) is 6.39. The third-order valence-electron chi connectivity index (χ3n) is 2.11. The van der Waals surface area contributed by atoms with Crippen LogP contribution in [-0.2, 0) is 12.8 Å². The molecule has 5 heteroatoms. The second kappa shape index (κ2) is 5.82. The molecule has 1 rings (SSSR count). The summed E-state index contributed by atoms with van der Waals surface area (Å²) in [5.74, 6) is 1.48. The van der Waals surface area contributed by atoms with Gasteiger partial charge in [0.05, 0.1) is 0 Å². The molecule has 2 N–H and O–H groups in total. The van der Waals surface area contributed by atoms with E-state index in [9.17, 15) is 0 Å². The fourth-order valence-electron chi connectivity index (χ4n) is 1.17. The molecule has 1 unspecified atom stereocenters. The highest BCUT2D eigenvalue weighted by Gasteiger charge is 2.07. The van der Waals surface area contributed by atoms with Crippen LogP contribution in [0.5, 0.6) is 0 Å². The van der Waals surface area contributed by atoms with Gasteiger partial charge < -0.3 is 15.2 Å². The van der Waals surface area contributed by atoms with E-state index in [-0.39, 0.29) is 6.04 Å². The molecule has 1 heterocycles. The van der Waals surface area contributed by atoms with Crippen LogP contribution in [0.25, 0.3) is 0 Å². The molecule has 1 atom stereocenters. The van der Waals surface area contributed by atoms with Crippen molar-refractivity contribution in [3.63, 3.8) is 0 Å². The summed E-state index contributed by atoms with van der Waals surface area (Å²) >= 11 is 0. The first-order chi connectivity index (χ1) is 7.08. The number of aromatic nitrogens is 2. The molecule has 0 bridgehead atoms. The first-order valence-corrected chi connectivity index (χ1v) is 5.29. The third-order valence-corrected chi connectivity index (χ3v) is 2.11. The molecule has 1 aromatic rings. The molecule has 15 heavy (non-hydrogen) atoms. The lowest BCUT2D eigenvalue weighted by Gasteiger charge is -2.05. The van der Waals surface area contributed by atoms with Crippen LogP contribution in [0.4, 0.5) is 0 Å². The maximum absolute atomic E-state index is 5.65. The Morgan fingerprint density at radius 3 is 2.73 bits per heavy atom. The van der Waals surface area contributed by atoms with Crippen molar-refractivity contribution < 1.29 is 4.52 Å². The van der Waals surface area contributed by atoms with E-state index in [1.807, 2.05) is 21.0 Å². The molecule has 5 nitrogen and oxygen atoms in total. The van der Waals surface area contributed by atoms with Gasteiger partial charge in [0.1, 0.15) is 0 Å². The number of likely N-dealkylation sites (N-methyl/N-ethyl adjacent to an activating group) is 1. The Morgan fingerprint density at radius 1 is 1.40 bits per heavy atom. The predicted octanol–water partition coefficient (Wildman–Crippen LogP) is 0.454. The van der Waals surface area contributed by atoms with Gasteiger partial charge in [-0.1, -0.05) is 5.16 Å². The van der Waals surface area contributed by atoms with Crippen LogP contribution in [-0.4, -0.2) is 41.7 Å². The predicted molar refractivity (Wildman–Crippen MR) is 58.5 cm³/mol. The number of nitrogens with two attached hydrogens (primary N) is 1. The average molecular weight is 212 g/mol. The van der Waals surface area contributed by atoms with Crippen LogP contribution < -0.4 is 5.73 Å². The summed E-state index contributed by atoms with van der Waals surface area (Å²) in [6, 6.07) is 0.183. The summed E-state index contributed by atoms with van der Waals surface area (Å²) in [7, 11) is 4.05. The quantitative estimate of drug-likeness (QED) is 0.741. The van der Waals surface area contributed by atoms with E-state index in [4.69, 9.17) is 10.3 Å². The van der Waals surface area contributed by atoms with Crippen LogP contribution in [0.1, 0.15) is 25.1 Å². The van der Waals surface area contributed by atoms with Crippen molar-refractivity contribution in [2.45, 2.75) is 32.2 Å². The normalized spacial score (nSPS) is 13.4. The first-order valence-electron chi connectivity index (χ1n) is 5.29. The molecule has 0 saturated heterocycles. The van der Waals surface area contributed by atoms with E-state index in [1.54, 1.807) is 0 Å². The van der Waals surface area contributed by atoms with Crippen LogP contribution in [0, 0.1) is 0 Å². The second-order valence-electron chi connectivity index (χ2n) is 4.17. The zero-order valence-electron chi connectivity index (χ0n) is 9.73. The lowest BCUT2D eigenvalue weighted by Crippen LogP contribution is -2.16. The summed E-state index contributed by atoms with van der Waals surface area (Å²) in [6.45, 7) is 2.91. The molecule has 0 fully saturated rings. The zero-order chi connectivity index (χ0) is 11.3. The minimum atomic E-state index is 0.183. The van der Waals surface area contributed by atoms with Gasteiger partial charge in [0, 0.05) is 25.4 Å². The summed E-state index contributed by atoms with van der Waals surface area (Å²) < 4.78 is 5.11. The van der Waals surface area contributed by atoms with E-state index in [0.717, 1.165) is 31.6 Å². The summed E-state index contributed by atoms with van der Waals surface area (Å²) in [5, 5.41) is 3.91. The van der Waals surface area contributed by atoms with E-state index in [1.165, 1.54) is 0 Å². The topological polar surface area (TPSA) is 68.2 Å². The third kappa shape index (κ3) is 4.90. The average Bonchev–Trinajstić information content (AvgIpc) is 2.59. The Labute approximate surface area is 90.6 Å². The van der Waals surface area contributed by atoms with E-state index in [2.05, 4.69) is 15.0 Å². The van der Waals surface area contributed by atoms with Gasteiger partial charge in [-0.15, -0.1) is 0 Å². The van der Waals surface area contributed by atoms with Crippen molar-refractivity contribution in [1.29, 1.82) is 0 Å². The Balaban J connectivity index is 2.35. The second-order valence-corrected chi connectivity index (χ2v) is 4.17. The molecule has 1 aromatic heterocycles. The smallest absolute Gasteiger partial charge is 0.226 e. The van der Waals surface area contributed by atoms with Gasteiger partial charge in [-0.05, 0) is 27.4 Å². The van der Waals surface area contributed by atoms with Crippen LogP contribution >= 0.6 is 0 Å². The van der Waals surface area contributed by atoms with Gasteiger partial charge in [-0.25, -0.2) is 0 Å². The van der Waals surface area contributed by atoms with E-state index < -0.39 is 0 Å². The molecule has 0 amide bonds. The SMILES string of the molecule is CC(N)CCc1nc(CCN(C)C)no1. The van der Waals surface area contributed by atoms with Crippen molar-refractivity contribution in [2.75, 3.05) is 20.6 Å². The highest BCUT2D eigenvalue weighted by Crippen LogP contribution is 2.03. The maximum Gasteiger partial charge on any atom is 0.226 e. The Hall–Kier alpha value is -0.940. The minimum absolute atomic E-state index is 0.183. The molecule has 0 spiro atoms. The molecular weight excluding hydrogens is 192 g/mol. The van der Waals surface area contributed by atoms with Gasteiger partial charge in [-0.3, -0.25) is 0 Å². The molecular formula is C10H20N4O. The lowest BCUT2D eigenvalue weighted by molar-refractivity contribution is 0.361. The summed E-state index contributed by atoms with van der Waals surface area (Å²) in [5.41, 5.74) is 5.65. The molecule has 86 valence electrons. The molecule has 0 aromatic carbocycles. The standard InChI is InChI=1S/C10H20N4O/c1-8(11)4-5-10-12-9(13-15-10)6-7-14(2)3/h8H,4-7,11H2,1-3H3. The Bertz CT molecular complexity index is 256. The Morgan fingerprint density at radius 2 is 2.13 bits per heavy atom. The summed E-state index contributed by atoms with van der Waals surface area (Å²) in [6.07, 6.45) is 2.48. The number of hydrogen-bond acceptors (Lipinski definition) is 5. The van der Waals surface area contributed by atoms with Crippen molar-refractivity contribution in [3.05, 3.63) is 11.7 Å². The van der Waals surface area contributed by atoms with Crippen molar-refractivity contribution in [1.82, 2.24) is 15.0 Å². The first kappa shape index (κ1) is 12.1. The minimum Gasteiger partial charge on any atom is -0.339 e. The number of hydrogen-bond donors (Lipinski definition) is 1. The Kier molecular flexibility index (Phi) is 4.71. The van der Waals surface area contributed by atoms with Gasteiger partial charge in [0.2, 0.25) is 5.89 Å². The zero-order valence-corrected chi connectivity index (χ0v) is 9.73. The van der Waals surface area contributed by atoms with Gasteiger partial charge >= 0.3 is 0 Å². The number of rotatable bonds is 6. The number of nitrogens with zero attached hydrogens (tertiary/aromatic N) is 3. The van der Waals surface area contributed by atoms with Crippen LogP contribution in [0.2, 0.25) is 0 Å². The molecule has 0 aliphatic heterocycles. The maximum atomic E-state index is 5.65. The van der Waals surface area contributed by atoms with Gasteiger partial charge in [-0.2, -0.15) is 4.98 Å². The van der Waals surface area contributed by atoms with Crippen molar-refractivity contribution >= 4 is 0 Å². The molecule has 0 radical (unpaired) electrons. The van der Waals surface area contributed by atoms with E-state index >= 15 is 0 Å². The largest absolute Gasteiger partial charge is 0.339 e. The van der Waals surface area contributed by atoms with Crippen molar-refractivity contribution in [3.8, 4) is 0 Å². The van der Waals surface area contributed by atoms with Gasteiger partial charge in [0.15, 0.2) is 5.82 Å². The molecule has 0 saturated carbocycles. The monoisotopic (exact) mass is 212 g/mol. The fourth-order valence-corrected chi connectivity index (χ4v) is 1.17. The fraction of sp³-hybridized carbons (Fsp3) is 0.800. The molecule has 0 aliphatic rings. The lowest BCUT2D eigenvalue weighted by atomic mass is 10.2. The highest BCUT2D eigenvalue weighted by molar-refractivity contribution is 4.87. The van der Waals surface area contributed by atoms with Crippen LogP contribution in [0.3, 0.4) is 0 Å². The highest BCUT2D eigenvalue weighted by atomic mass is 16.5.